The molecule has 0 saturated heterocycles. The van der Waals surface area contributed by atoms with Crippen molar-refractivity contribution >= 4 is 27.4 Å². The molecule has 0 bridgehead atoms. The molecule has 0 saturated carbocycles. The van der Waals surface area contributed by atoms with Crippen molar-refractivity contribution in [3.8, 4) is 0 Å². The van der Waals surface area contributed by atoms with Crippen LogP contribution in [0.4, 0.5) is 0 Å². The molecule has 0 unspecified atom stereocenters. The van der Waals surface area contributed by atoms with E-state index in [4.69, 9.17) is 10.9 Å². The average Bonchev–Trinajstić information content (AvgIpc) is 2.42. The van der Waals surface area contributed by atoms with Crippen LogP contribution in [0.25, 0.3) is 0 Å². The first-order valence-corrected chi connectivity index (χ1v) is 9.06. The fourth-order valence-corrected chi connectivity index (χ4v) is 4.33. The van der Waals surface area contributed by atoms with Crippen LogP contribution in [0, 0.1) is 5.92 Å². The maximum Gasteiger partial charge on any atom is 0.179 e. The van der Waals surface area contributed by atoms with E-state index in [-0.39, 0.29) is 16.5 Å². The summed E-state index contributed by atoms with van der Waals surface area (Å²) in [5.41, 5.74) is 5.85. The Kier molecular flexibility index (Phi) is 6.35. The highest BCUT2D eigenvalue weighted by Crippen LogP contribution is 2.16. The largest absolute Gasteiger partial charge is 0.409 e. The molecule has 0 aliphatic rings. The first-order valence-electron chi connectivity index (χ1n) is 6.25. The molecule has 1 aromatic rings. The van der Waals surface area contributed by atoms with Crippen LogP contribution in [0.5, 0.6) is 0 Å². The van der Waals surface area contributed by atoms with Crippen LogP contribution in [0.1, 0.15) is 19.4 Å². The van der Waals surface area contributed by atoms with Gasteiger partial charge in [0.15, 0.2) is 15.7 Å². The second-order valence-electron chi connectivity index (χ2n) is 4.80. The molecule has 1 aromatic carbocycles. The third-order valence-electron chi connectivity index (χ3n) is 2.54. The maximum absolute atomic E-state index is 12.2. The van der Waals surface area contributed by atoms with E-state index < -0.39 is 9.84 Å². The molecule has 0 aliphatic carbocycles. The van der Waals surface area contributed by atoms with Crippen molar-refractivity contribution in [2.75, 3.05) is 17.3 Å². The number of hydrogen-bond donors (Lipinski definition) is 2. The lowest BCUT2D eigenvalue weighted by molar-refractivity contribution is 0.318. The minimum absolute atomic E-state index is 0.0873. The summed E-state index contributed by atoms with van der Waals surface area (Å²) in [6.45, 7) is 4.20. The lowest BCUT2D eigenvalue weighted by Crippen LogP contribution is -2.15. The van der Waals surface area contributed by atoms with Crippen LogP contribution in [-0.2, 0) is 9.84 Å². The molecule has 0 aliphatic heterocycles. The van der Waals surface area contributed by atoms with E-state index in [2.05, 4.69) is 19.0 Å². The Morgan fingerprint density at radius 2 is 2.15 bits per heavy atom. The Bertz CT molecular complexity index is 569. The lowest BCUT2D eigenvalue weighted by Gasteiger charge is -2.07. The summed E-state index contributed by atoms with van der Waals surface area (Å²) < 4.78 is 24.4. The van der Waals surface area contributed by atoms with Crippen LogP contribution < -0.4 is 5.73 Å². The van der Waals surface area contributed by atoms with Gasteiger partial charge in [-0.2, -0.15) is 11.8 Å². The van der Waals surface area contributed by atoms with Crippen LogP contribution in [0.3, 0.4) is 0 Å². The number of nitrogens with zero attached hydrogens (tertiary/aromatic N) is 1. The quantitative estimate of drug-likeness (QED) is 0.264. The molecule has 0 amide bonds. The van der Waals surface area contributed by atoms with E-state index in [0.29, 0.717) is 17.2 Å². The molecule has 112 valence electrons. The molecule has 0 aromatic heterocycles. The Labute approximate surface area is 124 Å². The zero-order valence-corrected chi connectivity index (χ0v) is 13.2. The van der Waals surface area contributed by atoms with Crippen molar-refractivity contribution in [2.45, 2.75) is 18.7 Å². The highest BCUT2D eigenvalue weighted by molar-refractivity contribution is 8.00. The minimum Gasteiger partial charge on any atom is -0.409 e. The molecule has 0 fully saturated rings. The number of hydrogen-bond acceptors (Lipinski definition) is 5. The van der Waals surface area contributed by atoms with Gasteiger partial charge in [0.05, 0.1) is 10.6 Å². The molecule has 7 heteroatoms. The normalized spacial score (nSPS) is 12.8. The van der Waals surface area contributed by atoms with Gasteiger partial charge in [0, 0.05) is 11.3 Å². The van der Waals surface area contributed by atoms with Crippen molar-refractivity contribution < 1.29 is 13.6 Å². The lowest BCUT2D eigenvalue weighted by atomic mass is 10.2. The predicted octanol–water partition coefficient (Wildman–Crippen LogP) is 1.94. The van der Waals surface area contributed by atoms with Gasteiger partial charge in [-0.05, 0) is 23.8 Å². The molecular formula is C13H20N2O3S2. The van der Waals surface area contributed by atoms with Gasteiger partial charge in [0.25, 0.3) is 0 Å². The van der Waals surface area contributed by atoms with Gasteiger partial charge in [0.1, 0.15) is 0 Å². The fourth-order valence-electron chi connectivity index (χ4n) is 1.51. The summed E-state index contributed by atoms with van der Waals surface area (Å²) in [4.78, 5) is 0.201. The monoisotopic (exact) mass is 316 g/mol. The molecule has 5 nitrogen and oxygen atoms in total. The first-order chi connectivity index (χ1) is 9.36. The van der Waals surface area contributed by atoms with Crippen LogP contribution >= 0.6 is 11.8 Å². The number of nitrogens with two attached hydrogens (primary N) is 1. The minimum atomic E-state index is -3.34. The summed E-state index contributed by atoms with van der Waals surface area (Å²) in [5, 5.41) is 11.5. The maximum atomic E-state index is 12.2. The summed E-state index contributed by atoms with van der Waals surface area (Å²) >= 11 is 1.63. The van der Waals surface area contributed by atoms with Crippen molar-refractivity contribution in [3.05, 3.63) is 29.8 Å². The van der Waals surface area contributed by atoms with E-state index in [9.17, 15) is 8.42 Å². The molecule has 1 rings (SSSR count). The summed E-state index contributed by atoms with van der Waals surface area (Å²) in [6.07, 6.45) is 0. The Balaban J connectivity index is 2.77. The standard InChI is InChI=1S/C13H20N2O3S2/c1-10(2)9-19-6-7-20(17,18)12-5-3-4-11(8-12)13(14)15-16/h3-5,8,10,16H,6-7,9H2,1-2H3,(H2,14,15). The van der Waals surface area contributed by atoms with Gasteiger partial charge in [-0.25, -0.2) is 8.42 Å². The van der Waals surface area contributed by atoms with Crippen molar-refractivity contribution in [1.29, 1.82) is 0 Å². The smallest absolute Gasteiger partial charge is 0.179 e. The highest BCUT2D eigenvalue weighted by Gasteiger charge is 2.15. The molecule has 0 atom stereocenters. The predicted molar refractivity (Wildman–Crippen MR) is 83.2 cm³/mol. The molecule has 0 heterocycles. The molecule has 0 spiro atoms. The van der Waals surface area contributed by atoms with Gasteiger partial charge in [0.2, 0.25) is 0 Å². The molecule has 20 heavy (non-hydrogen) atoms. The highest BCUT2D eigenvalue weighted by atomic mass is 32.2. The third kappa shape index (κ3) is 5.05. The first kappa shape index (κ1) is 16.8. The average molecular weight is 316 g/mol. The van der Waals surface area contributed by atoms with E-state index in [1.165, 1.54) is 12.1 Å². The number of benzene rings is 1. The van der Waals surface area contributed by atoms with Crippen LogP contribution in [-0.4, -0.2) is 36.7 Å². The topological polar surface area (TPSA) is 92.8 Å². The molecule has 3 N–H and O–H groups in total. The summed E-state index contributed by atoms with van der Waals surface area (Å²) in [7, 11) is -3.34. The fraction of sp³-hybridized carbons (Fsp3) is 0.462. The second-order valence-corrected chi connectivity index (χ2v) is 8.06. The van der Waals surface area contributed by atoms with Crippen LogP contribution in [0.15, 0.2) is 34.3 Å². The number of sulfone groups is 1. The number of oxime groups is 1. The summed E-state index contributed by atoms with van der Waals surface area (Å²) in [5.74, 6) is 2.04. The van der Waals surface area contributed by atoms with Gasteiger partial charge in [-0.1, -0.05) is 31.1 Å². The Morgan fingerprint density at radius 1 is 1.45 bits per heavy atom. The second kappa shape index (κ2) is 7.54. The number of amidine groups is 1. The number of thioether (sulfide) groups is 1. The SMILES string of the molecule is CC(C)CSCCS(=O)(=O)c1cccc(/C(N)=N/O)c1. The Hall–Kier alpha value is -1.21. The van der Waals surface area contributed by atoms with E-state index in [1.807, 2.05) is 0 Å². The number of rotatable bonds is 7. The van der Waals surface area contributed by atoms with Crippen LogP contribution in [0.2, 0.25) is 0 Å². The van der Waals surface area contributed by atoms with Gasteiger partial charge >= 0.3 is 0 Å². The van der Waals surface area contributed by atoms with Gasteiger partial charge < -0.3 is 10.9 Å². The Morgan fingerprint density at radius 3 is 2.75 bits per heavy atom. The van der Waals surface area contributed by atoms with Gasteiger partial charge in [-0.15, -0.1) is 0 Å². The summed E-state index contributed by atoms with van der Waals surface area (Å²) in [6, 6.07) is 6.14. The van der Waals surface area contributed by atoms with Crippen molar-refractivity contribution in [2.24, 2.45) is 16.8 Å². The van der Waals surface area contributed by atoms with Crippen molar-refractivity contribution in [3.63, 3.8) is 0 Å². The van der Waals surface area contributed by atoms with E-state index in [1.54, 1.807) is 23.9 Å². The van der Waals surface area contributed by atoms with E-state index >= 15 is 0 Å². The third-order valence-corrected chi connectivity index (χ3v) is 5.91. The zero-order valence-electron chi connectivity index (χ0n) is 11.6. The molecular weight excluding hydrogens is 296 g/mol. The molecule has 0 radical (unpaired) electrons. The van der Waals surface area contributed by atoms with E-state index in [0.717, 1.165) is 5.75 Å². The van der Waals surface area contributed by atoms with Crippen molar-refractivity contribution in [1.82, 2.24) is 0 Å². The van der Waals surface area contributed by atoms with Gasteiger partial charge in [-0.3, -0.25) is 0 Å². The zero-order chi connectivity index (χ0) is 15.2.